The van der Waals surface area contributed by atoms with Gasteiger partial charge in [-0.25, -0.2) is 10.0 Å². The number of benzene rings is 1. The zero-order chi connectivity index (χ0) is 17.6. The number of nitrogens with zero attached hydrogens (tertiary/aromatic N) is 2. The molecule has 0 aliphatic carbocycles. The van der Waals surface area contributed by atoms with Crippen LogP contribution in [0.15, 0.2) is 47.1 Å². The molecule has 5 nitrogen and oxygen atoms in total. The molecule has 0 bridgehead atoms. The molecule has 0 spiro atoms. The number of rotatable bonds is 6. The van der Waals surface area contributed by atoms with Gasteiger partial charge in [-0.3, -0.25) is 4.84 Å². The third kappa shape index (κ3) is 4.14. The van der Waals surface area contributed by atoms with Crippen molar-refractivity contribution in [1.82, 2.24) is 4.98 Å². The SMILES string of the molecule is CNc1ncc(Br)cc1N(OC)C(c1ccccc1)C1CCOCC1. The number of hydroxylamine groups is 1. The van der Waals surface area contributed by atoms with E-state index in [0.717, 1.165) is 42.0 Å². The summed E-state index contributed by atoms with van der Waals surface area (Å²) in [4.78, 5) is 10.4. The topological polar surface area (TPSA) is 46.6 Å². The third-order valence-electron chi connectivity index (χ3n) is 4.61. The number of aromatic nitrogens is 1. The number of ether oxygens (including phenoxy) is 1. The van der Waals surface area contributed by atoms with Crippen molar-refractivity contribution in [1.29, 1.82) is 0 Å². The van der Waals surface area contributed by atoms with E-state index in [0.29, 0.717) is 5.92 Å². The molecule has 2 aromatic rings. The van der Waals surface area contributed by atoms with Crippen LogP contribution in [0.25, 0.3) is 0 Å². The van der Waals surface area contributed by atoms with Crippen LogP contribution in [0.2, 0.25) is 0 Å². The highest BCUT2D eigenvalue weighted by molar-refractivity contribution is 9.10. The van der Waals surface area contributed by atoms with E-state index >= 15 is 0 Å². The van der Waals surface area contributed by atoms with Crippen LogP contribution in [0.1, 0.15) is 24.4 Å². The average molecular weight is 406 g/mol. The van der Waals surface area contributed by atoms with Crippen LogP contribution in [0.5, 0.6) is 0 Å². The Morgan fingerprint density at radius 3 is 2.64 bits per heavy atom. The number of hydrogen-bond donors (Lipinski definition) is 1. The van der Waals surface area contributed by atoms with Crippen LogP contribution < -0.4 is 10.4 Å². The molecule has 25 heavy (non-hydrogen) atoms. The minimum atomic E-state index is 0.0956. The minimum Gasteiger partial charge on any atom is -0.381 e. The molecule has 1 aliphatic heterocycles. The van der Waals surface area contributed by atoms with Gasteiger partial charge in [-0.15, -0.1) is 0 Å². The molecular weight excluding hydrogens is 382 g/mol. The van der Waals surface area contributed by atoms with Crippen LogP contribution in [0.4, 0.5) is 11.5 Å². The van der Waals surface area contributed by atoms with Gasteiger partial charge in [0.2, 0.25) is 0 Å². The van der Waals surface area contributed by atoms with E-state index in [1.165, 1.54) is 5.56 Å². The van der Waals surface area contributed by atoms with Crippen molar-refractivity contribution in [3.63, 3.8) is 0 Å². The first-order valence-corrected chi connectivity index (χ1v) is 9.33. The standard InChI is InChI=1S/C19H24BrN3O2/c1-21-19-17(12-16(20)13-22-19)23(24-2)18(14-6-4-3-5-7-14)15-8-10-25-11-9-15/h3-7,12-13,15,18H,8-11H2,1-2H3,(H,21,22). The Morgan fingerprint density at radius 1 is 1.28 bits per heavy atom. The summed E-state index contributed by atoms with van der Waals surface area (Å²) in [6.45, 7) is 1.59. The van der Waals surface area contributed by atoms with Gasteiger partial charge < -0.3 is 10.1 Å². The Balaban J connectivity index is 2.05. The van der Waals surface area contributed by atoms with Crippen molar-refractivity contribution in [2.24, 2.45) is 5.92 Å². The second kappa shape index (κ2) is 8.65. The summed E-state index contributed by atoms with van der Waals surface area (Å²) in [5.74, 6) is 1.23. The van der Waals surface area contributed by atoms with E-state index in [1.807, 2.05) is 24.2 Å². The highest BCUT2D eigenvalue weighted by Crippen LogP contribution is 2.40. The Bertz CT molecular complexity index is 678. The molecule has 1 aromatic carbocycles. The normalized spacial score (nSPS) is 16.4. The summed E-state index contributed by atoms with van der Waals surface area (Å²) in [5, 5.41) is 5.15. The van der Waals surface area contributed by atoms with Crippen LogP contribution in [0.3, 0.4) is 0 Å². The fourth-order valence-electron chi connectivity index (χ4n) is 3.43. The van der Waals surface area contributed by atoms with Gasteiger partial charge in [-0.2, -0.15) is 0 Å². The smallest absolute Gasteiger partial charge is 0.151 e. The zero-order valence-corrected chi connectivity index (χ0v) is 16.2. The first-order chi connectivity index (χ1) is 12.2. The molecule has 134 valence electrons. The first kappa shape index (κ1) is 18.2. The summed E-state index contributed by atoms with van der Waals surface area (Å²) >= 11 is 3.53. The summed E-state index contributed by atoms with van der Waals surface area (Å²) in [5.41, 5.74) is 2.15. The molecule has 0 amide bonds. The third-order valence-corrected chi connectivity index (χ3v) is 5.05. The van der Waals surface area contributed by atoms with Crippen molar-refractivity contribution >= 4 is 27.4 Å². The lowest BCUT2D eigenvalue weighted by atomic mass is 9.86. The van der Waals surface area contributed by atoms with E-state index < -0.39 is 0 Å². The van der Waals surface area contributed by atoms with Crippen molar-refractivity contribution in [3.05, 3.63) is 52.6 Å². The highest BCUT2D eigenvalue weighted by Gasteiger charge is 2.32. The Morgan fingerprint density at radius 2 is 2.00 bits per heavy atom. The lowest BCUT2D eigenvalue weighted by molar-refractivity contribution is 0.0349. The van der Waals surface area contributed by atoms with Crippen LogP contribution in [-0.2, 0) is 9.57 Å². The van der Waals surface area contributed by atoms with Gasteiger partial charge in [0.25, 0.3) is 0 Å². The molecule has 1 unspecified atom stereocenters. The van der Waals surface area contributed by atoms with Crippen molar-refractivity contribution < 1.29 is 9.57 Å². The molecular formula is C19H24BrN3O2. The van der Waals surface area contributed by atoms with Crippen molar-refractivity contribution in [2.45, 2.75) is 18.9 Å². The zero-order valence-electron chi connectivity index (χ0n) is 14.6. The number of hydrogen-bond acceptors (Lipinski definition) is 5. The molecule has 3 rings (SSSR count). The Hall–Kier alpha value is -1.63. The van der Waals surface area contributed by atoms with Gasteiger partial charge in [-0.05, 0) is 46.3 Å². The van der Waals surface area contributed by atoms with E-state index in [4.69, 9.17) is 9.57 Å². The maximum Gasteiger partial charge on any atom is 0.151 e. The molecule has 1 saturated heterocycles. The van der Waals surface area contributed by atoms with Crippen LogP contribution in [0, 0.1) is 5.92 Å². The molecule has 0 saturated carbocycles. The minimum absolute atomic E-state index is 0.0956. The molecule has 1 aromatic heterocycles. The summed E-state index contributed by atoms with van der Waals surface area (Å²) in [7, 11) is 3.59. The first-order valence-electron chi connectivity index (χ1n) is 8.54. The number of pyridine rings is 1. The van der Waals surface area contributed by atoms with Gasteiger partial charge in [-0.1, -0.05) is 30.3 Å². The van der Waals surface area contributed by atoms with Gasteiger partial charge >= 0.3 is 0 Å². The molecule has 1 fully saturated rings. The van der Waals surface area contributed by atoms with E-state index in [1.54, 1.807) is 13.3 Å². The Labute approximate surface area is 157 Å². The second-order valence-electron chi connectivity index (χ2n) is 6.08. The van der Waals surface area contributed by atoms with Gasteiger partial charge in [0, 0.05) is 30.9 Å². The molecule has 1 aliphatic rings. The number of halogens is 1. The predicted octanol–water partition coefficient (Wildman–Crippen LogP) is 4.42. The fourth-order valence-corrected chi connectivity index (χ4v) is 3.75. The molecule has 2 heterocycles. The quantitative estimate of drug-likeness (QED) is 0.720. The summed E-state index contributed by atoms with van der Waals surface area (Å²) < 4.78 is 6.50. The maximum atomic E-state index is 5.90. The summed E-state index contributed by atoms with van der Waals surface area (Å²) in [6, 6.07) is 12.7. The molecule has 6 heteroatoms. The predicted molar refractivity (Wildman–Crippen MR) is 104 cm³/mol. The highest BCUT2D eigenvalue weighted by atomic mass is 79.9. The fraction of sp³-hybridized carbons (Fsp3) is 0.421. The van der Waals surface area contributed by atoms with Crippen LogP contribution >= 0.6 is 15.9 Å². The molecule has 1 atom stereocenters. The number of nitrogens with one attached hydrogen (secondary N) is 1. The average Bonchev–Trinajstić information content (AvgIpc) is 2.67. The number of anilines is 2. The van der Waals surface area contributed by atoms with Gasteiger partial charge in [0.15, 0.2) is 5.82 Å². The lowest BCUT2D eigenvalue weighted by Crippen LogP contribution is -2.36. The van der Waals surface area contributed by atoms with Crippen molar-refractivity contribution in [3.8, 4) is 0 Å². The summed E-state index contributed by atoms with van der Waals surface area (Å²) in [6.07, 6.45) is 3.81. The molecule has 1 N–H and O–H groups in total. The van der Waals surface area contributed by atoms with E-state index in [9.17, 15) is 0 Å². The van der Waals surface area contributed by atoms with Crippen LogP contribution in [-0.4, -0.2) is 32.4 Å². The van der Waals surface area contributed by atoms with Crippen molar-refractivity contribution in [2.75, 3.05) is 37.8 Å². The van der Waals surface area contributed by atoms with E-state index in [2.05, 4.69) is 50.5 Å². The monoisotopic (exact) mass is 405 g/mol. The Kier molecular flexibility index (Phi) is 6.29. The second-order valence-corrected chi connectivity index (χ2v) is 7.00. The van der Waals surface area contributed by atoms with E-state index in [-0.39, 0.29) is 6.04 Å². The lowest BCUT2D eigenvalue weighted by Gasteiger charge is -2.39. The van der Waals surface area contributed by atoms with Gasteiger partial charge in [0.1, 0.15) is 5.69 Å². The maximum absolute atomic E-state index is 5.90. The molecule has 0 radical (unpaired) electrons. The largest absolute Gasteiger partial charge is 0.381 e. The van der Waals surface area contributed by atoms with Gasteiger partial charge in [0.05, 0.1) is 13.2 Å².